The van der Waals surface area contributed by atoms with Gasteiger partial charge in [0.1, 0.15) is 5.82 Å². The molecule has 0 saturated carbocycles. The summed E-state index contributed by atoms with van der Waals surface area (Å²) in [4.78, 5) is 25.5. The van der Waals surface area contributed by atoms with Crippen molar-refractivity contribution in [3.05, 3.63) is 59.4 Å². The minimum absolute atomic E-state index is 0.00558. The van der Waals surface area contributed by atoms with Crippen LogP contribution in [0.4, 0.5) is 17.6 Å². The third-order valence-electron chi connectivity index (χ3n) is 5.25. The van der Waals surface area contributed by atoms with E-state index in [1.54, 1.807) is 4.90 Å². The average molecular weight is 392 g/mol. The van der Waals surface area contributed by atoms with Crippen LogP contribution in [0.25, 0.3) is 11.1 Å². The quantitative estimate of drug-likeness (QED) is 0.794. The van der Waals surface area contributed by atoms with Gasteiger partial charge in [-0.25, -0.2) is 4.39 Å². The molecule has 8 heteroatoms. The fraction of sp³-hybridized carbons (Fsp3) is 0.300. The first-order chi connectivity index (χ1) is 13.2. The minimum Gasteiger partial charge on any atom is -0.347 e. The molecule has 2 fully saturated rings. The van der Waals surface area contributed by atoms with E-state index in [2.05, 4.69) is 5.32 Å². The van der Waals surface area contributed by atoms with Crippen LogP contribution in [0.3, 0.4) is 0 Å². The molecule has 2 saturated heterocycles. The van der Waals surface area contributed by atoms with Gasteiger partial charge in [0.05, 0.1) is 11.1 Å². The molecule has 28 heavy (non-hydrogen) atoms. The fourth-order valence-corrected chi connectivity index (χ4v) is 3.75. The van der Waals surface area contributed by atoms with E-state index in [1.165, 1.54) is 30.3 Å². The van der Waals surface area contributed by atoms with E-state index in [0.717, 1.165) is 12.1 Å². The fourth-order valence-electron chi connectivity index (χ4n) is 3.75. The summed E-state index contributed by atoms with van der Waals surface area (Å²) in [6.07, 6.45) is -3.60. The zero-order valence-electron chi connectivity index (χ0n) is 14.6. The largest absolute Gasteiger partial charge is 0.419 e. The molecule has 1 spiro atoms. The minimum atomic E-state index is -4.78. The average Bonchev–Trinajstić information content (AvgIpc) is 3.02. The van der Waals surface area contributed by atoms with Crippen molar-refractivity contribution in [2.45, 2.75) is 24.6 Å². The molecular formula is C20H16F4N2O2. The summed E-state index contributed by atoms with van der Waals surface area (Å²) in [5.74, 6) is -1.53. The van der Waals surface area contributed by atoms with Gasteiger partial charge in [-0.2, -0.15) is 13.2 Å². The van der Waals surface area contributed by atoms with Crippen LogP contribution in [-0.2, 0) is 11.0 Å². The van der Waals surface area contributed by atoms with Gasteiger partial charge in [0, 0.05) is 25.1 Å². The van der Waals surface area contributed by atoms with Crippen molar-refractivity contribution in [2.24, 2.45) is 0 Å². The van der Waals surface area contributed by atoms with Crippen LogP contribution in [0.15, 0.2) is 42.5 Å². The Morgan fingerprint density at radius 3 is 2.25 bits per heavy atom. The van der Waals surface area contributed by atoms with Gasteiger partial charge in [0.2, 0.25) is 5.91 Å². The van der Waals surface area contributed by atoms with Crippen molar-refractivity contribution in [1.29, 1.82) is 0 Å². The Bertz CT molecular complexity index is 948. The maximum atomic E-state index is 13.4. The van der Waals surface area contributed by atoms with Crippen LogP contribution in [0, 0.1) is 5.82 Å². The van der Waals surface area contributed by atoms with Gasteiger partial charge in [-0.3, -0.25) is 9.59 Å². The second kappa shape index (κ2) is 6.32. The van der Waals surface area contributed by atoms with Gasteiger partial charge in [-0.15, -0.1) is 0 Å². The van der Waals surface area contributed by atoms with Crippen molar-refractivity contribution in [3.63, 3.8) is 0 Å². The summed E-state index contributed by atoms with van der Waals surface area (Å²) in [6, 6.07) is 8.95. The maximum absolute atomic E-state index is 13.4. The maximum Gasteiger partial charge on any atom is 0.419 e. The Balaban J connectivity index is 1.49. The summed E-state index contributed by atoms with van der Waals surface area (Å²) in [5.41, 5.74) is -0.570. The highest BCUT2D eigenvalue weighted by atomic mass is 19.4. The molecule has 2 aromatic carbocycles. The number of benzene rings is 2. The van der Waals surface area contributed by atoms with Crippen LogP contribution in [0.5, 0.6) is 0 Å². The zero-order chi connectivity index (χ0) is 20.1. The molecule has 0 radical (unpaired) electrons. The molecular weight excluding hydrogens is 376 g/mol. The van der Waals surface area contributed by atoms with Gasteiger partial charge in [0.15, 0.2) is 0 Å². The number of likely N-dealkylation sites (tertiary alicyclic amines) is 1. The summed E-state index contributed by atoms with van der Waals surface area (Å²) in [6.45, 7) is 0.901. The number of hydrogen-bond acceptors (Lipinski definition) is 2. The van der Waals surface area contributed by atoms with E-state index in [9.17, 15) is 27.2 Å². The first kappa shape index (κ1) is 18.5. The van der Waals surface area contributed by atoms with Crippen LogP contribution in [0.1, 0.15) is 28.8 Å². The van der Waals surface area contributed by atoms with E-state index in [1.807, 2.05) is 0 Å². The number of alkyl halides is 3. The topological polar surface area (TPSA) is 49.4 Å². The molecule has 146 valence electrons. The van der Waals surface area contributed by atoms with Gasteiger partial charge in [-0.05, 0) is 41.8 Å². The SMILES string of the molecule is O=C1CCC2(CN(C(=O)c3ccc(-c4ccc(F)c(C(F)(F)F)c4)cc3)C2)N1. The first-order valence-electron chi connectivity index (χ1n) is 8.74. The molecule has 2 amide bonds. The van der Waals surface area contributed by atoms with Crippen LogP contribution < -0.4 is 5.32 Å². The lowest BCUT2D eigenvalue weighted by atomic mass is 9.87. The molecule has 2 heterocycles. The van der Waals surface area contributed by atoms with Gasteiger partial charge >= 0.3 is 6.18 Å². The molecule has 0 bridgehead atoms. The molecule has 4 nitrogen and oxygen atoms in total. The van der Waals surface area contributed by atoms with Crippen molar-refractivity contribution >= 4 is 11.8 Å². The summed E-state index contributed by atoms with van der Waals surface area (Å²) in [7, 11) is 0. The third-order valence-corrected chi connectivity index (χ3v) is 5.25. The summed E-state index contributed by atoms with van der Waals surface area (Å²) in [5, 5.41) is 2.90. The van der Waals surface area contributed by atoms with Crippen LogP contribution in [0.2, 0.25) is 0 Å². The Kier molecular flexibility index (Phi) is 4.17. The normalized spacial score (nSPS) is 18.1. The van der Waals surface area contributed by atoms with E-state index < -0.39 is 17.6 Å². The van der Waals surface area contributed by atoms with E-state index in [-0.39, 0.29) is 22.9 Å². The van der Waals surface area contributed by atoms with E-state index in [4.69, 9.17) is 0 Å². The number of nitrogens with one attached hydrogen (secondary N) is 1. The molecule has 2 aromatic rings. The monoisotopic (exact) mass is 392 g/mol. The van der Waals surface area contributed by atoms with Crippen LogP contribution >= 0.6 is 0 Å². The lowest BCUT2D eigenvalue weighted by Gasteiger charge is -2.47. The number of carbonyl (C=O) groups excluding carboxylic acids is 2. The summed E-state index contributed by atoms with van der Waals surface area (Å²) < 4.78 is 52.1. The predicted octanol–water partition coefficient (Wildman–Crippen LogP) is 3.62. The van der Waals surface area contributed by atoms with Crippen molar-refractivity contribution in [2.75, 3.05) is 13.1 Å². The second-order valence-electron chi connectivity index (χ2n) is 7.26. The number of nitrogens with zero attached hydrogens (tertiary/aromatic N) is 1. The van der Waals surface area contributed by atoms with E-state index in [0.29, 0.717) is 37.1 Å². The Hall–Kier alpha value is -2.90. The summed E-state index contributed by atoms with van der Waals surface area (Å²) >= 11 is 0. The highest BCUT2D eigenvalue weighted by Crippen LogP contribution is 2.35. The van der Waals surface area contributed by atoms with Crippen molar-refractivity contribution < 1.29 is 27.2 Å². The lowest BCUT2D eigenvalue weighted by molar-refractivity contribution is -0.140. The first-order valence-corrected chi connectivity index (χ1v) is 8.74. The zero-order valence-corrected chi connectivity index (χ0v) is 14.6. The molecule has 0 unspecified atom stereocenters. The Labute approximate surface area is 158 Å². The number of amides is 2. The number of rotatable bonds is 2. The number of halogens is 4. The highest BCUT2D eigenvalue weighted by Gasteiger charge is 2.49. The molecule has 0 aliphatic carbocycles. The number of carbonyl (C=O) groups is 2. The molecule has 1 N–H and O–H groups in total. The van der Waals surface area contributed by atoms with Crippen molar-refractivity contribution in [3.8, 4) is 11.1 Å². The standard InChI is InChI=1S/C20H16F4N2O2/c21-16-6-5-14(9-15(16)20(22,23)24)12-1-3-13(4-2-12)18(28)26-10-19(11-26)8-7-17(27)25-19/h1-6,9H,7-8,10-11H2,(H,25,27). The molecule has 0 atom stereocenters. The lowest BCUT2D eigenvalue weighted by Crippen LogP contribution is -2.68. The highest BCUT2D eigenvalue weighted by molar-refractivity contribution is 5.96. The van der Waals surface area contributed by atoms with Gasteiger partial charge in [0.25, 0.3) is 5.91 Å². The Morgan fingerprint density at radius 2 is 1.68 bits per heavy atom. The van der Waals surface area contributed by atoms with Gasteiger partial charge < -0.3 is 10.2 Å². The smallest absolute Gasteiger partial charge is 0.347 e. The van der Waals surface area contributed by atoms with Crippen molar-refractivity contribution in [1.82, 2.24) is 10.2 Å². The third kappa shape index (κ3) is 3.23. The predicted molar refractivity (Wildman–Crippen MR) is 92.8 cm³/mol. The number of hydrogen-bond donors (Lipinski definition) is 1. The Morgan fingerprint density at radius 1 is 1.04 bits per heavy atom. The van der Waals surface area contributed by atoms with E-state index >= 15 is 0 Å². The molecule has 4 rings (SSSR count). The second-order valence-corrected chi connectivity index (χ2v) is 7.26. The molecule has 2 aliphatic heterocycles. The van der Waals surface area contributed by atoms with Gasteiger partial charge in [-0.1, -0.05) is 18.2 Å². The molecule has 0 aromatic heterocycles. The van der Waals surface area contributed by atoms with Crippen LogP contribution in [-0.4, -0.2) is 35.3 Å². The molecule has 2 aliphatic rings.